The molecule has 1 aromatic heterocycles. The van der Waals surface area contributed by atoms with Crippen molar-refractivity contribution < 1.29 is 4.79 Å². The molecule has 5 heteroatoms. The number of carbonyl (C=O) groups excluding carboxylic acids is 1. The van der Waals surface area contributed by atoms with Gasteiger partial charge in [0.15, 0.2) is 0 Å². The molecule has 0 N–H and O–H groups in total. The van der Waals surface area contributed by atoms with Crippen LogP contribution >= 0.6 is 11.6 Å². The predicted octanol–water partition coefficient (Wildman–Crippen LogP) is 2.25. The van der Waals surface area contributed by atoms with Crippen LogP contribution in [0.3, 0.4) is 0 Å². The van der Waals surface area contributed by atoms with Crippen molar-refractivity contribution in [2.24, 2.45) is 11.8 Å². The lowest BCUT2D eigenvalue weighted by Gasteiger charge is -2.34. The molecule has 0 radical (unpaired) electrons. The Hall–Kier alpha value is -1.16. The molecule has 1 aliphatic rings. The smallest absolute Gasteiger partial charge is 0.257 e. The van der Waals surface area contributed by atoms with Crippen LogP contribution in [0, 0.1) is 11.8 Å². The van der Waals surface area contributed by atoms with Crippen molar-refractivity contribution >= 4 is 17.5 Å². The third-order valence-electron chi connectivity index (χ3n) is 3.02. The first-order valence-electron chi connectivity index (χ1n) is 5.83. The van der Waals surface area contributed by atoms with Gasteiger partial charge in [0, 0.05) is 25.5 Å². The van der Waals surface area contributed by atoms with E-state index in [1.807, 2.05) is 4.90 Å². The van der Waals surface area contributed by atoms with Gasteiger partial charge in [0.1, 0.15) is 0 Å². The molecule has 0 bridgehead atoms. The average Bonchev–Trinajstić information content (AvgIpc) is 2.28. The van der Waals surface area contributed by atoms with Crippen LogP contribution in [-0.2, 0) is 0 Å². The van der Waals surface area contributed by atoms with Crippen molar-refractivity contribution in [3.8, 4) is 0 Å². The molecule has 1 saturated heterocycles. The first kappa shape index (κ1) is 12.3. The molecule has 0 spiro atoms. The summed E-state index contributed by atoms with van der Waals surface area (Å²) in [6.45, 7) is 5.97. The number of hydrogen-bond donors (Lipinski definition) is 0. The van der Waals surface area contributed by atoms with Gasteiger partial charge in [-0.25, -0.2) is 9.97 Å². The zero-order chi connectivity index (χ0) is 12.4. The van der Waals surface area contributed by atoms with E-state index < -0.39 is 0 Å². The van der Waals surface area contributed by atoms with E-state index in [-0.39, 0.29) is 11.2 Å². The highest BCUT2D eigenvalue weighted by Crippen LogP contribution is 2.22. The maximum atomic E-state index is 12.2. The van der Waals surface area contributed by atoms with Gasteiger partial charge in [0.05, 0.1) is 5.56 Å². The Balaban J connectivity index is 2.11. The number of piperidine rings is 1. The Bertz CT molecular complexity index is 397. The van der Waals surface area contributed by atoms with Crippen LogP contribution < -0.4 is 0 Å². The molecule has 2 atom stereocenters. The minimum absolute atomic E-state index is 0.0000617. The molecule has 17 heavy (non-hydrogen) atoms. The summed E-state index contributed by atoms with van der Waals surface area (Å²) < 4.78 is 0. The fraction of sp³-hybridized carbons (Fsp3) is 0.583. The number of amides is 1. The highest BCUT2D eigenvalue weighted by molar-refractivity contribution is 6.28. The normalized spacial score (nSPS) is 24.8. The van der Waals surface area contributed by atoms with E-state index in [4.69, 9.17) is 11.6 Å². The van der Waals surface area contributed by atoms with Gasteiger partial charge >= 0.3 is 0 Å². The summed E-state index contributed by atoms with van der Waals surface area (Å²) in [5, 5.41) is 0.168. The average molecular weight is 254 g/mol. The summed E-state index contributed by atoms with van der Waals surface area (Å²) in [4.78, 5) is 21.8. The van der Waals surface area contributed by atoms with Crippen molar-refractivity contribution in [2.45, 2.75) is 20.3 Å². The largest absolute Gasteiger partial charge is 0.338 e. The lowest BCUT2D eigenvalue weighted by Crippen LogP contribution is -2.42. The van der Waals surface area contributed by atoms with Crippen LogP contribution in [0.15, 0.2) is 12.4 Å². The summed E-state index contributed by atoms with van der Waals surface area (Å²) in [6, 6.07) is 0. The molecule has 1 fully saturated rings. The van der Waals surface area contributed by atoms with E-state index in [9.17, 15) is 4.79 Å². The number of likely N-dealkylation sites (tertiary alicyclic amines) is 1. The maximum absolute atomic E-state index is 12.2. The second-order valence-corrected chi connectivity index (χ2v) is 5.24. The Morgan fingerprint density at radius 1 is 1.29 bits per heavy atom. The Labute approximate surface area is 106 Å². The van der Waals surface area contributed by atoms with Gasteiger partial charge in [-0.15, -0.1) is 0 Å². The maximum Gasteiger partial charge on any atom is 0.257 e. The molecule has 0 aromatic carbocycles. The van der Waals surface area contributed by atoms with E-state index >= 15 is 0 Å². The van der Waals surface area contributed by atoms with E-state index in [1.165, 1.54) is 18.8 Å². The number of aromatic nitrogens is 2. The first-order chi connectivity index (χ1) is 8.06. The molecule has 4 nitrogen and oxygen atoms in total. The summed E-state index contributed by atoms with van der Waals surface area (Å²) in [6.07, 6.45) is 4.16. The third-order valence-corrected chi connectivity index (χ3v) is 3.22. The zero-order valence-electron chi connectivity index (χ0n) is 10.1. The Kier molecular flexibility index (Phi) is 3.62. The predicted molar refractivity (Wildman–Crippen MR) is 65.9 cm³/mol. The minimum Gasteiger partial charge on any atom is -0.338 e. The van der Waals surface area contributed by atoms with Gasteiger partial charge in [-0.05, 0) is 29.9 Å². The first-order valence-corrected chi connectivity index (χ1v) is 6.21. The van der Waals surface area contributed by atoms with Crippen LogP contribution in [-0.4, -0.2) is 33.9 Å². The second-order valence-electron chi connectivity index (χ2n) is 4.90. The van der Waals surface area contributed by atoms with Gasteiger partial charge in [0.2, 0.25) is 5.28 Å². The van der Waals surface area contributed by atoms with Crippen molar-refractivity contribution in [3.63, 3.8) is 0 Å². The molecule has 1 aliphatic heterocycles. The highest BCUT2D eigenvalue weighted by Gasteiger charge is 2.26. The lowest BCUT2D eigenvalue weighted by atomic mass is 9.91. The summed E-state index contributed by atoms with van der Waals surface area (Å²) >= 11 is 5.60. The van der Waals surface area contributed by atoms with E-state index in [0.717, 1.165) is 13.1 Å². The SMILES string of the molecule is CC1CC(C)CN(C(=O)c2cnc(Cl)nc2)C1. The Morgan fingerprint density at radius 3 is 2.35 bits per heavy atom. The van der Waals surface area contributed by atoms with Crippen LogP contribution in [0.25, 0.3) is 0 Å². The fourth-order valence-corrected chi connectivity index (χ4v) is 2.53. The number of halogens is 1. The lowest BCUT2D eigenvalue weighted by molar-refractivity contribution is 0.0622. The van der Waals surface area contributed by atoms with Crippen LogP contribution in [0.1, 0.15) is 30.6 Å². The number of hydrogen-bond acceptors (Lipinski definition) is 3. The molecule has 1 amide bonds. The molecule has 2 heterocycles. The molecular formula is C12H16ClN3O. The molecular weight excluding hydrogens is 238 g/mol. The molecule has 0 saturated carbocycles. The van der Waals surface area contributed by atoms with Gasteiger partial charge in [-0.3, -0.25) is 4.79 Å². The second kappa shape index (κ2) is 5.00. The van der Waals surface area contributed by atoms with Gasteiger partial charge < -0.3 is 4.90 Å². The van der Waals surface area contributed by atoms with Crippen molar-refractivity contribution in [1.29, 1.82) is 0 Å². The van der Waals surface area contributed by atoms with E-state index in [1.54, 1.807) is 0 Å². The molecule has 2 unspecified atom stereocenters. The van der Waals surface area contributed by atoms with Crippen LogP contribution in [0.4, 0.5) is 0 Å². The van der Waals surface area contributed by atoms with Crippen LogP contribution in [0.2, 0.25) is 5.28 Å². The Morgan fingerprint density at radius 2 is 1.82 bits per heavy atom. The minimum atomic E-state index is 0.0000617. The zero-order valence-corrected chi connectivity index (χ0v) is 10.8. The topological polar surface area (TPSA) is 46.1 Å². The van der Waals surface area contributed by atoms with Gasteiger partial charge in [-0.1, -0.05) is 13.8 Å². The number of carbonyl (C=O) groups is 1. The van der Waals surface area contributed by atoms with E-state index in [0.29, 0.717) is 17.4 Å². The highest BCUT2D eigenvalue weighted by atomic mass is 35.5. The molecule has 2 rings (SSSR count). The quantitative estimate of drug-likeness (QED) is 0.721. The van der Waals surface area contributed by atoms with Gasteiger partial charge in [0.25, 0.3) is 5.91 Å². The fourth-order valence-electron chi connectivity index (χ4n) is 2.43. The third kappa shape index (κ3) is 2.94. The summed E-state index contributed by atoms with van der Waals surface area (Å²) in [7, 11) is 0. The van der Waals surface area contributed by atoms with Crippen LogP contribution in [0.5, 0.6) is 0 Å². The number of rotatable bonds is 1. The summed E-state index contributed by atoms with van der Waals surface area (Å²) in [5.41, 5.74) is 0.510. The molecule has 0 aliphatic carbocycles. The van der Waals surface area contributed by atoms with Gasteiger partial charge in [-0.2, -0.15) is 0 Å². The molecule has 1 aromatic rings. The standard InChI is InChI=1S/C12H16ClN3O/c1-8-3-9(2)7-16(6-8)11(17)10-4-14-12(13)15-5-10/h4-5,8-9H,3,6-7H2,1-2H3. The van der Waals surface area contributed by atoms with Crippen molar-refractivity contribution in [1.82, 2.24) is 14.9 Å². The van der Waals surface area contributed by atoms with E-state index in [2.05, 4.69) is 23.8 Å². The molecule has 92 valence electrons. The summed E-state index contributed by atoms with van der Waals surface area (Å²) in [5.74, 6) is 1.10. The van der Waals surface area contributed by atoms with Crippen molar-refractivity contribution in [2.75, 3.05) is 13.1 Å². The monoisotopic (exact) mass is 253 g/mol. The van der Waals surface area contributed by atoms with Crippen molar-refractivity contribution in [3.05, 3.63) is 23.2 Å². The number of nitrogens with zero attached hydrogens (tertiary/aromatic N) is 3.